The summed E-state index contributed by atoms with van der Waals surface area (Å²) in [5, 5.41) is 12.8. The summed E-state index contributed by atoms with van der Waals surface area (Å²) < 4.78 is 28.2. The molecule has 1 amide bonds. The van der Waals surface area contributed by atoms with Crippen LogP contribution in [0.5, 0.6) is 5.75 Å². The van der Waals surface area contributed by atoms with Crippen LogP contribution >= 0.6 is 0 Å². The second kappa shape index (κ2) is 6.85. The van der Waals surface area contributed by atoms with E-state index in [1.807, 2.05) is 0 Å². The zero-order valence-corrected chi connectivity index (χ0v) is 11.6. The van der Waals surface area contributed by atoms with E-state index < -0.39 is 12.2 Å². The van der Waals surface area contributed by atoms with Crippen LogP contribution in [-0.2, 0) is 11.2 Å². The average Bonchev–Trinajstić information content (AvgIpc) is 2.86. The molecule has 4 nitrogen and oxygen atoms in total. The summed E-state index contributed by atoms with van der Waals surface area (Å²) in [6.45, 7) is -2.59. The SMILES string of the molecule is O=C(Cc1ccc(OC(F)F)cc1)NCC1(O)CCCC1. The fourth-order valence-corrected chi connectivity index (χ4v) is 2.51. The molecule has 1 aromatic carbocycles. The molecule has 6 heteroatoms. The number of alkyl halides is 2. The number of ether oxygens (including phenoxy) is 1. The number of rotatable bonds is 6. The molecule has 1 fully saturated rings. The molecule has 1 aliphatic rings. The molecule has 1 aromatic rings. The number of halogens is 2. The number of carbonyl (C=O) groups excluding carboxylic acids is 1. The van der Waals surface area contributed by atoms with Crippen LogP contribution in [0.15, 0.2) is 24.3 Å². The van der Waals surface area contributed by atoms with Crippen LogP contribution in [0.4, 0.5) is 8.78 Å². The zero-order valence-electron chi connectivity index (χ0n) is 11.6. The zero-order chi connectivity index (χ0) is 15.3. The van der Waals surface area contributed by atoms with E-state index >= 15 is 0 Å². The lowest BCUT2D eigenvalue weighted by molar-refractivity contribution is -0.121. The number of hydrogen-bond acceptors (Lipinski definition) is 3. The van der Waals surface area contributed by atoms with Gasteiger partial charge in [-0.15, -0.1) is 0 Å². The lowest BCUT2D eigenvalue weighted by Crippen LogP contribution is -2.41. The highest BCUT2D eigenvalue weighted by Crippen LogP contribution is 2.28. The van der Waals surface area contributed by atoms with Gasteiger partial charge < -0.3 is 15.2 Å². The van der Waals surface area contributed by atoms with Crippen molar-refractivity contribution in [3.63, 3.8) is 0 Å². The molecule has 0 spiro atoms. The predicted octanol–water partition coefficient (Wildman–Crippen LogP) is 2.25. The van der Waals surface area contributed by atoms with Crippen molar-refractivity contribution in [2.24, 2.45) is 0 Å². The first-order chi connectivity index (χ1) is 9.97. The smallest absolute Gasteiger partial charge is 0.387 e. The Balaban J connectivity index is 1.79. The highest BCUT2D eigenvalue weighted by Gasteiger charge is 2.31. The Hall–Kier alpha value is -1.69. The van der Waals surface area contributed by atoms with Crippen LogP contribution in [0.2, 0.25) is 0 Å². The fourth-order valence-electron chi connectivity index (χ4n) is 2.51. The molecule has 2 rings (SSSR count). The molecule has 116 valence electrons. The number of nitrogens with one attached hydrogen (secondary N) is 1. The monoisotopic (exact) mass is 299 g/mol. The van der Waals surface area contributed by atoms with Gasteiger partial charge in [0.15, 0.2) is 0 Å². The lowest BCUT2D eigenvalue weighted by Gasteiger charge is -2.22. The lowest BCUT2D eigenvalue weighted by atomic mass is 10.0. The molecule has 0 radical (unpaired) electrons. The molecule has 2 N–H and O–H groups in total. The van der Waals surface area contributed by atoms with Crippen LogP contribution in [0.25, 0.3) is 0 Å². The molecule has 0 heterocycles. The van der Waals surface area contributed by atoms with E-state index in [0.717, 1.165) is 12.8 Å². The van der Waals surface area contributed by atoms with Crippen molar-refractivity contribution in [3.8, 4) is 5.75 Å². The largest absolute Gasteiger partial charge is 0.435 e. The first-order valence-corrected chi connectivity index (χ1v) is 7.00. The molecular formula is C15H19F2NO3. The second-order valence-corrected chi connectivity index (χ2v) is 5.41. The summed E-state index contributed by atoms with van der Waals surface area (Å²) >= 11 is 0. The summed E-state index contributed by atoms with van der Waals surface area (Å²) in [6, 6.07) is 5.95. The Morgan fingerprint density at radius 1 is 1.29 bits per heavy atom. The minimum absolute atomic E-state index is 0.0643. The Morgan fingerprint density at radius 2 is 1.90 bits per heavy atom. The number of carbonyl (C=O) groups is 1. The fraction of sp³-hybridized carbons (Fsp3) is 0.533. The third kappa shape index (κ3) is 4.97. The molecule has 0 saturated heterocycles. The normalized spacial score (nSPS) is 17.0. The van der Waals surface area contributed by atoms with Gasteiger partial charge in [-0.3, -0.25) is 4.79 Å². The molecule has 0 atom stereocenters. The summed E-state index contributed by atoms with van der Waals surface area (Å²) in [4.78, 5) is 11.8. The Morgan fingerprint density at radius 3 is 2.48 bits per heavy atom. The molecule has 21 heavy (non-hydrogen) atoms. The van der Waals surface area contributed by atoms with Gasteiger partial charge in [-0.05, 0) is 30.5 Å². The second-order valence-electron chi connectivity index (χ2n) is 5.41. The van der Waals surface area contributed by atoms with Gasteiger partial charge in [-0.1, -0.05) is 25.0 Å². The Labute approximate surface area is 122 Å². The first kappa shape index (κ1) is 15.7. The third-order valence-electron chi connectivity index (χ3n) is 3.66. The number of hydrogen-bond donors (Lipinski definition) is 2. The molecule has 0 bridgehead atoms. The Bertz CT molecular complexity index is 470. The van der Waals surface area contributed by atoms with E-state index in [4.69, 9.17) is 0 Å². The van der Waals surface area contributed by atoms with Gasteiger partial charge >= 0.3 is 6.61 Å². The maximum atomic E-state index is 12.0. The van der Waals surface area contributed by atoms with Crippen molar-refractivity contribution in [2.75, 3.05) is 6.54 Å². The number of aliphatic hydroxyl groups is 1. The number of benzene rings is 1. The van der Waals surface area contributed by atoms with E-state index in [1.54, 1.807) is 12.1 Å². The van der Waals surface area contributed by atoms with E-state index in [0.29, 0.717) is 18.4 Å². The van der Waals surface area contributed by atoms with Gasteiger partial charge in [0.1, 0.15) is 5.75 Å². The first-order valence-electron chi connectivity index (χ1n) is 7.00. The quantitative estimate of drug-likeness (QED) is 0.847. The van der Waals surface area contributed by atoms with Crippen molar-refractivity contribution in [1.29, 1.82) is 0 Å². The highest BCUT2D eigenvalue weighted by atomic mass is 19.3. The predicted molar refractivity (Wildman–Crippen MR) is 73.2 cm³/mol. The highest BCUT2D eigenvalue weighted by molar-refractivity contribution is 5.78. The van der Waals surface area contributed by atoms with Gasteiger partial charge in [-0.2, -0.15) is 8.78 Å². The van der Waals surface area contributed by atoms with Crippen molar-refractivity contribution < 1.29 is 23.4 Å². The summed E-state index contributed by atoms with van der Waals surface area (Å²) in [7, 11) is 0. The van der Waals surface area contributed by atoms with Gasteiger partial charge in [0.25, 0.3) is 0 Å². The minimum Gasteiger partial charge on any atom is -0.435 e. The van der Waals surface area contributed by atoms with E-state index in [2.05, 4.69) is 10.1 Å². The standard InChI is InChI=1S/C15H19F2NO3/c16-14(17)21-12-5-3-11(4-6-12)9-13(19)18-10-15(20)7-1-2-8-15/h3-6,14,20H,1-2,7-10H2,(H,18,19). The Kier molecular flexibility index (Phi) is 5.12. The van der Waals surface area contributed by atoms with Crippen molar-refractivity contribution >= 4 is 5.91 Å². The van der Waals surface area contributed by atoms with Gasteiger partial charge in [0.2, 0.25) is 5.91 Å². The molecule has 1 aliphatic carbocycles. The summed E-state index contributed by atoms with van der Waals surface area (Å²) in [6.07, 6.45) is 3.54. The molecule has 0 aromatic heterocycles. The number of amides is 1. The third-order valence-corrected chi connectivity index (χ3v) is 3.66. The van der Waals surface area contributed by atoms with E-state index in [1.165, 1.54) is 12.1 Å². The maximum Gasteiger partial charge on any atom is 0.387 e. The van der Waals surface area contributed by atoms with Gasteiger partial charge in [-0.25, -0.2) is 0 Å². The van der Waals surface area contributed by atoms with Crippen LogP contribution in [-0.4, -0.2) is 29.8 Å². The molecule has 0 aliphatic heterocycles. The van der Waals surface area contributed by atoms with Crippen LogP contribution in [0.1, 0.15) is 31.2 Å². The van der Waals surface area contributed by atoms with Crippen LogP contribution in [0.3, 0.4) is 0 Å². The van der Waals surface area contributed by atoms with E-state index in [9.17, 15) is 18.7 Å². The van der Waals surface area contributed by atoms with Crippen molar-refractivity contribution in [3.05, 3.63) is 29.8 Å². The molecular weight excluding hydrogens is 280 g/mol. The van der Waals surface area contributed by atoms with E-state index in [-0.39, 0.29) is 24.6 Å². The minimum atomic E-state index is -2.86. The maximum absolute atomic E-state index is 12.0. The van der Waals surface area contributed by atoms with Crippen molar-refractivity contribution in [2.45, 2.75) is 44.3 Å². The molecule has 0 unspecified atom stereocenters. The summed E-state index contributed by atoms with van der Waals surface area (Å²) in [5.74, 6) is -0.132. The summed E-state index contributed by atoms with van der Waals surface area (Å²) in [5.41, 5.74) is -0.0718. The average molecular weight is 299 g/mol. The van der Waals surface area contributed by atoms with Gasteiger partial charge in [0, 0.05) is 6.54 Å². The van der Waals surface area contributed by atoms with Crippen LogP contribution in [0, 0.1) is 0 Å². The van der Waals surface area contributed by atoms with Crippen LogP contribution < -0.4 is 10.1 Å². The molecule has 1 saturated carbocycles. The van der Waals surface area contributed by atoms with Gasteiger partial charge in [0.05, 0.1) is 12.0 Å². The topological polar surface area (TPSA) is 58.6 Å². The van der Waals surface area contributed by atoms with Crippen molar-refractivity contribution in [1.82, 2.24) is 5.32 Å².